The van der Waals surface area contributed by atoms with Gasteiger partial charge in [-0.05, 0) is 25.7 Å². The van der Waals surface area contributed by atoms with E-state index in [9.17, 15) is 9.59 Å². The van der Waals surface area contributed by atoms with E-state index in [0.717, 1.165) is 25.7 Å². The zero-order valence-electron chi connectivity index (χ0n) is 19.9. The molecule has 11 heteroatoms. The number of carbonyl (C=O) groups is 2. The lowest BCUT2D eigenvalue weighted by atomic mass is 9.95. The maximum Gasteiger partial charge on any atom is 0.407 e. The van der Waals surface area contributed by atoms with Gasteiger partial charge < -0.3 is 39.1 Å². The van der Waals surface area contributed by atoms with Gasteiger partial charge in [-0.25, -0.2) is 4.79 Å². The second kappa shape index (κ2) is 21.4. The number of hydrogen-bond acceptors (Lipinski definition) is 9. The van der Waals surface area contributed by atoms with E-state index in [4.69, 9.17) is 28.4 Å². The summed E-state index contributed by atoms with van der Waals surface area (Å²) in [5, 5.41) is 6.07. The molecule has 1 rings (SSSR count). The van der Waals surface area contributed by atoms with Crippen molar-refractivity contribution in [1.29, 1.82) is 0 Å². The molecule has 0 heterocycles. The molecule has 0 radical (unpaired) electrons. The van der Waals surface area contributed by atoms with Crippen molar-refractivity contribution in [3.63, 3.8) is 0 Å². The monoisotopic (exact) mass is 494 g/mol. The molecule has 0 aromatic heterocycles. The molecule has 0 unspecified atom stereocenters. The van der Waals surface area contributed by atoms with Gasteiger partial charge in [-0.3, -0.25) is 4.79 Å². The van der Waals surface area contributed by atoms with Crippen LogP contribution in [0.5, 0.6) is 0 Å². The van der Waals surface area contributed by atoms with E-state index >= 15 is 0 Å². The van der Waals surface area contributed by atoms with Crippen molar-refractivity contribution >= 4 is 24.6 Å². The number of carbonyl (C=O) groups excluding carboxylic acids is 2. The Balaban J connectivity index is 1.71. The minimum absolute atomic E-state index is 0.0248. The van der Waals surface area contributed by atoms with Crippen LogP contribution in [0.2, 0.25) is 0 Å². The smallest absolute Gasteiger partial charge is 0.407 e. The Morgan fingerprint density at radius 3 is 1.67 bits per heavy atom. The summed E-state index contributed by atoms with van der Waals surface area (Å²) in [6.45, 7) is 7.16. The lowest BCUT2D eigenvalue weighted by Crippen LogP contribution is -2.38. The zero-order valence-corrected chi connectivity index (χ0v) is 20.8. The average Bonchev–Trinajstić information content (AvgIpc) is 2.81. The van der Waals surface area contributed by atoms with Gasteiger partial charge in [-0.2, -0.15) is 12.6 Å². The maximum atomic E-state index is 11.7. The molecule has 1 fully saturated rings. The molecule has 0 spiro atoms. The summed E-state index contributed by atoms with van der Waals surface area (Å²) < 4.78 is 32.0. The van der Waals surface area contributed by atoms with Crippen LogP contribution in [0.25, 0.3) is 0 Å². The van der Waals surface area contributed by atoms with Crippen LogP contribution < -0.4 is 10.6 Å². The van der Waals surface area contributed by atoms with E-state index in [1.165, 1.54) is 0 Å². The second-order valence-electron chi connectivity index (χ2n) is 7.55. The first-order valence-corrected chi connectivity index (χ1v) is 12.4. The number of alkyl carbamates (subject to hydrolysis) is 1. The van der Waals surface area contributed by atoms with Crippen LogP contribution >= 0.6 is 12.6 Å². The molecule has 2 N–H and O–H groups in total. The predicted octanol–water partition coefficient (Wildman–Crippen LogP) is 1.56. The van der Waals surface area contributed by atoms with Crippen molar-refractivity contribution in [2.45, 2.75) is 50.3 Å². The van der Waals surface area contributed by atoms with Gasteiger partial charge in [-0.1, -0.05) is 6.92 Å². The van der Waals surface area contributed by atoms with Crippen molar-refractivity contribution in [2.24, 2.45) is 0 Å². The van der Waals surface area contributed by atoms with Crippen LogP contribution in [0.4, 0.5) is 4.79 Å². The first-order valence-electron chi connectivity index (χ1n) is 11.9. The Labute approximate surface area is 203 Å². The SMILES string of the molecule is CCC(=O)NCCOCCOCCOCCOCCOCCOC(=O)NC1CCC(S)CC1. The van der Waals surface area contributed by atoms with Crippen molar-refractivity contribution in [2.75, 3.05) is 79.2 Å². The van der Waals surface area contributed by atoms with Gasteiger partial charge in [0.05, 0.1) is 66.1 Å². The largest absolute Gasteiger partial charge is 0.447 e. The fourth-order valence-corrected chi connectivity index (χ4v) is 3.29. The molecule has 0 aromatic carbocycles. The van der Waals surface area contributed by atoms with E-state index in [-0.39, 0.29) is 24.6 Å². The number of ether oxygens (including phenoxy) is 6. The van der Waals surface area contributed by atoms with E-state index < -0.39 is 0 Å². The van der Waals surface area contributed by atoms with Crippen molar-refractivity contribution in [3.05, 3.63) is 0 Å². The maximum absolute atomic E-state index is 11.7. The first-order chi connectivity index (χ1) is 16.1. The molecule has 1 aliphatic carbocycles. The summed E-state index contributed by atoms with van der Waals surface area (Å²) in [5.41, 5.74) is 0. The third-order valence-electron chi connectivity index (χ3n) is 4.86. The van der Waals surface area contributed by atoms with E-state index in [2.05, 4.69) is 23.3 Å². The Bertz CT molecular complexity index is 493. The third-order valence-corrected chi connectivity index (χ3v) is 5.37. The molecule has 1 aliphatic rings. The van der Waals surface area contributed by atoms with E-state index in [1.54, 1.807) is 0 Å². The molecule has 0 atom stereocenters. The van der Waals surface area contributed by atoms with Crippen molar-refractivity contribution in [1.82, 2.24) is 10.6 Å². The molecule has 0 saturated heterocycles. The van der Waals surface area contributed by atoms with Gasteiger partial charge in [0.25, 0.3) is 0 Å². The van der Waals surface area contributed by atoms with Gasteiger partial charge >= 0.3 is 6.09 Å². The third kappa shape index (κ3) is 18.9. The lowest BCUT2D eigenvalue weighted by molar-refractivity contribution is -0.121. The Kier molecular flexibility index (Phi) is 19.4. The minimum Gasteiger partial charge on any atom is -0.447 e. The molecule has 2 amide bonds. The Morgan fingerprint density at radius 2 is 1.18 bits per heavy atom. The topological polar surface area (TPSA) is 114 Å². The average molecular weight is 495 g/mol. The van der Waals surface area contributed by atoms with E-state index in [0.29, 0.717) is 84.3 Å². The first kappa shape index (κ1) is 29.9. The summed E-state index contributed by atoms with van der Waals surface area (Å²) >= 11 is 4.45. The molecule has 0 bridgehead atoms. The highest BCUT2D eigenvalue weighted by Crippen LogP contribution is 2.22. The fourth-order valence-electron chi connectivity index (χ4n) is 2.99. The molecule has 33 heavy (non-hydrogen) atoms. The highest BCUT2D eigenvalue weighted by molar-refractivity contribution is 7.80. The van der Waals surface area contributed by atoms with Crippen LogP contribution in [-0.4, -0.2) is 103 Å². The van der Waals surface area contributed by atoms with Crippen molar-refractivity contribution in [3.8, 4) is 0 Å². The Morgan fingerprint density at radius 1 is 0.727 bits per heavy atom. The van der Waals surface area contributed by atoms with Gasteiger partial charge in [-0.15, -0.1) is 0 Å². The summed E-state index contributed by atoms with van der Waals surface area (Å²) in [6.07, 6.45) is 4.04. The minimum atomic E-state index is -0.386. The molecule has 0 aliphatic heterocycles. The van der Waals surface area contributed by atoms with Crippen molar-refractivity contribution < 1.29 is 38.0 Å². The van der Waals surface area contributed by atoms with Crippen LogP contribution in [-0.2, 0) is 33.2 Å². The fraction of sp³-hybridized carbons (Fsp3) is 0.909. The summed E-state index contributed by atoms with van der Waals surface area (Å²) in [6, 6.07) is 0.190. The van der Waals surface area contributed by atoms with E-state index in [1.807, 2.05) is 6.92 Å². The van der Waals surface area contributed by atoms with Crippen LogP contribution in [0.3, 0.4) is 0 Å². The van der Waals surface area contributed by atoms with Gasteiger partial charge in [0.2, 0.25) is 5.91 Å². The normalized spacial score (nSPS) is 18.1. The van der Waals surface area contributed by atoms with Gasteiger partial charge in [0.1, 0.15) is 6.61 Å². The summed E-state index contributed by atoms with van der Waals surface area (Å²) in [5.74, 6) is 0.0248. The molecule has 0 aromatic rings. The molecule has 194 valence electrons. The van der Waals surface area contributed by atoms with Crippen LogP contribution in [0.1, 0.15) is 39.0 Å². The number of amides is 2. The summed E-state index contributed by atoms with van der Waals surface area (Å²) in [4.78, 5) is 22.7. The highest BCUT2D eigenvalue weighted by atomic mass is 32.1. The quantitative estimate of drug-likeness (QED) is 0.173. The second-order valence-corrected chi connectivity index (χ2v) is 8.28. The number of hydrogen-bond donors (Lipinski definition) is 3. The molecule has 1 saturated carbocycles. The van der Waals surface area contributed by atoms with Crippen LogP contribution in [0, 0.1) is 0 Å². The lowest BCUT2D eigenvalue weighted by Gasteiger charge is -2.26. The molecule has 10 nitrogen and oxygen atoms in total. The number of nitrogens with one attached hydrogen (secondary N) is 2. The highest BCUT2D eigenvalue weighted by Gasteiger charge is 2.20. The Hall–Kier alpha value is -1.11. The molecular formula is C22H42N2O8S. The van der Waals surface area contributed by atoms with Gasteiger partial charge in [0.15, 0.2) is 0 Å². The van der Waals surface area contributed by atoms with Crippen LogP contribution in [0.15, 0.2) is 0 Å². The van der Waals surface area contributed by atoms with Gasteiger partial charge in [0, 0.05) is 24.3 Å². The number of thiol groups is 1. The standard InChI is InChI=1S/C22H42N2O8S/c1-2-21(25)23-7-8-27-9-10-28-11-12-29-13-14-30-15-16-31-17-18-32-22(26)24-19-3-5-20(33)6-4-19/h19-20,33H,2-18H2,1H3,(H,23,25)(H,24,26). The predicted molar refractivity (Wildman–Crippen MR) is 127 cm³/mol. The summed E-state index contributed by atoms with van der Waals surface area (Å²) in [7, 11) is 0. The molecular weight excluding hydrogens is 452 g/mol. The zero-order chi connectivity index (χ0) is 24.0. The number of rotatable bonds is 20.